The number of rotatable bonds is 6. The summed E-state index contributed by atoms with van der Waals surface area (Å²) >= 11 is 0. The van der Waals surface area contributed by atoms with Crippen molar-refractivity contribution in [3.05, 3.63) is 59.9 Å². The molecule has 1 saturated heterocycles. The van der Waals surface area contributed by atoms with Crippen LogP contribution in [-0.2, 0) is 11.3 Å². The molecule has 2 amide bonds. The number of likely N-dealkylation sites (tertiary alicyclic amines) is 1. The number of carbonyl (C=O) groups excluding carboxylic acids is 2. The van der Waals surface area contributed by atoms with Crippen molar-refractivity contribution in [3.8, 4) is 5.75 Å². The zero-order chi connectivity index (χ0) is 21.3. The topological polar surface area (TPSA) is 71.5 Å². The molecular formula is C25H29N3O3. The van der Waals surface area contributed by atoms with Gasteiger partial charge < -0.3 is 15.0 Å². The van der Waals surface area contributed by atoms with Crippen LogP contribution in [0.4, 0.5) is 0 Å². The molecule has 162 valence electrons. The van der Waals surface area contributed by atoms with E-state index in [2.05, 4.69) is 10.3 Å². The summed E-state index contributed by atoms with van der Waals surface area (Å²) in [5.41, 5.74) is 1.78. The van der Waals surface area contributed by atoms with Gasteiger partial charge in [0.05, 0.1) is 12.2 Å². The van der Waals surface area contributed by atoms with Crippen LogP contribution in [0.15, 0.2) is 48.7 Å². The first kappa shape index (κ1) is 20.0. The Morgan fingerprint density at radius 3 is 2.65 bits per heavy atom. The van der Waals surface area contributed by atoms with Crippen LogP contribution in [0.2, 0.25) is 0 Å². The van der Waals surface area contributed by atoms with Gasteiger partial charge in [-0.3, -0.25) is 14.6 Å². The molecular weight excluding hydrogens is 390 g/mol. The molecule has 1 atom stereocenters. The van der Waals surface area contributed by atoms with Gasteiger partial charge in [-0.1, -0.05) is 18.6 Å². The van der Waals surface area contributed by atoms with Crippen molar-refractivity contribution in [2.24, 2.45) is 11.3 Å². The maximum absolute atomic E-state index is 12.8. The summed E-state index contributed by atoms with van der Waals surface area (Å²) in [7, 11) is 0. The van der Waals surface area contributed by atoms with Crippen LogP contribution in [-0.4, -0.2) is 40.9 Å². The molecule has 3 aliphatic rings. The first-order valence-electron chi connectivity index (χ1n) is 11.4. The van der Waals surface area contributed by atoms with Gasteiger partial charge in [0.25, 0.3) is 5.91 Å². The van der Waals surface area contributed by atoms with Crippen LogP contribution in [0, 0.1) is 11.3 Å². The lowest BCUT2D eigenvalue weighted by atomic mass is 9.79. The SMILES string of the molecule is O=C(NCc1ccccn1)c1cccc(OC2CCN(C(=O)[C@@H]3CC34CCC4)CC2)c1. The molecule has 3 fully saturated rings. The van der Waals surface area contributed by atoms with Crippen molar-refractivity contribution in [1.29, 1.82) is 0 Å². The van der Waals surface area contributed by atoms with E-state index in [9.17, 15) is 9.59 Å². The number of benzene rings is 1. The molecule has 1 aromatic carbocycles. The minimum Gasteiger partial charge on any atom is -0.490 e. The van der Waals surface area contributed by atoms with Gasteiger partial charge in [0, 0.05) is 43.6 Å². The molecule has 2 saturated carbocycles. The van der Waals surface area contributed by atoms with Gasteiger partial charge in [-0.2, -0.15) is 0 Å². The maximum atomic E-state index is 12.8. The van der Waals surface area contributed by atoms with Crippen molar-refractivity contribution in [1.82, 2.24) is 15.2 Å². The van der Waals surface area contributed by atoms with E-state index in [1.807, 2.05) is 35.2 Å². The highest BCUT2D eigenvalue weighted by atomic mass is 16.5. The molecule has 2 heterocycles. The van der Waals surface area contributed by atoms with Gasteiger partial charge in [-0.15, -0.1) is 0 Å². The summed E-state index contributed by atoms with van der Waals surface area (Å²) in [6, 6.07) is 12.9. The molecule has 31 heavy (non-hydrogen) atoms. The van der Waals surface area contributed by atoms with Gasteiger partial charge in [0.15, 0.2) is 0 Å². The van der Waals surface area contributed by atoms with Crippen LogP contribution in [0.25, 0.3) is 0 Å². The lowest BCUT2D eigenvalue weighted by Crippen LogP contribution is -2.43. The van der Waals surface area contributed by atoms with Crippen LogP contribution in [0.1, 0.15) is 54.6 Å². The number of nitrogens with one attached hydrogen (secondary N) is 1. The Bertz CT molecular complexity index is 949. The normalized spacial score (nSPS) is 21.9. The highest BCUT2D eigenvalue weighted by Crippen LogP contribution is 2.66. The second-order valence-corrected chi connectivity index (χ2v) is 9.15. The Hall–Kier alpha value is -2.89. The quantitative estimate of drug-likeness (QED) is 0.777. The van der Waals surface area contributed by atoms with E-state index in [0.717, 1.165) is 38.0 Å². The molecule has 0 unspecified atom stereocenters. The van der Waals surface area contributed by atoms with Gasteiger partial charge in [-0.25, -0.2) is 0 Å². The molecule has 0 radical (unpaired) electrons. The molecule has 6 heteroatoms. The van der Waals surface area contributed by atoms with Crippen molar-refractivity contribution in [2.45, 2.75) is 51.2 Å². The fourth-order valence-corrected chi connectivity index (χ4v) is 4.97. The molecule has 0 bridgehead atoms. The maximum Gasteiger partial charge on any atom is 0.251 e. The third kappa shape index (κ3) is 4.29. The second-order valence-electron chi connectivity index (χ2n) is 9.15. The smallest absolute Gasteiger partial charge is 0.251 e. The van der Waals surface area contributed by atoms with Gasteiger partial charge in [0.2, 0.25) is 5.91 Å². The highest BCUT2D eigenvalue weighted by Gasteiger charge is 2.61. The summed E-state index contributed by atoms with van der Waals surface area (Å²) in [5.74, 6) is 1.21. The molecule has 5 rings (SSSR count). The van der Waals surface area contributed by atoms with Crippen LogP contribution < -0.4 is 10.1 Å². The lowest BCUT2D eigenvalue weighted by Gasteiger charge is -2.34. The summed E-state index contributed by atoms with van der Waals surface area (Å²) in [4.78, 5) is 31.5. The number of amides is 2. The van der Waals surface area contributed by atoms with E-state index in [1.165, 1.54) is 19.3 Å². The Balaban J connectivity index is 1.11. The average Bonchev–Trinajstić information content (AvgIpc) is 3.55. The number of hydrogen-bond acceptors (Lipinski definition) is 4. The van der Waals surface area contributed by atoms with E-state index in [1.54, 1.807) is 18.3 Å². The predicted molar refractivity (Wildman–Crippen MR) is 116 cm³/mol. The first-order valence-corrected chi connectivity index (χ1v) is 11.4. The summed E-state index contributed by atoms with van der Waals surface area (Å²) in [6.45, 7) is 1.92. The van der Waals surface area contributed by atoms with Crippen LogP contribution in [0.5, 0.6) is 5.75 Å². The molecule has 6 nitrogen and oxygen atoms in total. The number of aromatic nitrogens is 1. The third-order valence-corrected chi connectivity index (χ3v) is 7.15. The summed E-state index contributed by atoms with van der Waals surface area (Å²) in [6.07, 6.45) is 8.35. The predicted octanol–water partition coefficient (Wildman–Crippen LogP) is 3.57. The van der Waals surface area contributed by atoms with Crippen molar-refractivity contribution in [2.75, 3.05) is 13.1 Å². The van der Waals surface area contributed by atoms with Crippen LogP contribution in [0.3, 0.4) is 0 Å². The van der Waals surface area contributed by atoms with E-state index in [-0.39, 0.29) is 12.0 Å². The van der Waals surface area contributed by atoms with E-state index in [4.69, 9.17) is 4.74 Å². The molecule has 1 spiro atoms. The monoisotopic (exact) mass is 419 g/mol. The number of pyridine rings is 1. The fourth-order valence-electron chi connectivity index (χ4n) is 4.97. The van der Waals surface area contributed by atoms with E-state index < -0.39 is 0 Å². The number of nitrogens with zero attached hydrogens (tertiary/aromatic N) is 2. The Morgan fingerprint density at radius 2 is 1.97 bits per heavy atom. The van der Waals surface area contributed by atoms with Gasteiger partial charge >= 0.3 is 0 Å². The second kappa shape index (κ2) is 8.33. The van der Waals surface area contributed by atoms with Gasteiger partial charge in [0.1, 0.15) is 11.9 Å². The molecule has 2 aliphatic carbocycles. The number of hydrogen-bond donors (Lipinski definition) is 1. The van der Waals surface area contributed by atoms with E-state index >= 15 is 0 Å². The largest absolute Gasteiger partial charge is 0.490 e. The first-order chi connectivity index (χ1) is 15.1. The van der Waals surface area contributed by atoms with Crippen LogP contribution >= 0.6 is 0 Å². The Kier molecular flexibility index (Phi) is 5.38. The Labute approximate surface area is 183 Å². The molecule has 1 aromatic heterocycles. The lowest BCUT2D eigenvalue weighted by molar-refractivity contribution is -0.135. The Morgan fingerprint density at radius 1 is 1.13 bits per heavy atom. The zero-order valence-corrected chi connectivity index (χ0v) is 17.8. The van der Waals surface area contributed by atoms with Gasteiger partial charge in [-0.05, 0) is 55.0 Å². The number of carbonyl (C=O) groups is 2. The molecule has 1 N–H and O–H groups in total. The van der Waals surface area contributed by atoms with Crippen molar-refractivity contribution < 1.29 is 14.3 Å². The number of ether oxygens (including phenoxy) is 1. The minimum absolute atomic E-state index is 0.0766. The summed E-state index contributed by atoms with van der Waals surface area (Å²) < 4.78 is 6.16. The third-order valence-electron chi connectivity index (χ3n) is 7.15. The molecule has 2 aromatic rings. The van der Waals surface area contributed by atoms with E-state index in [0.29, 0.717) is 35.1 Å². The zero-order valence-electron chi connectivity index (χ0n) is 17.8. The van der Waals surface area contributed by atoms with Crippen molar-refractivity contribution >= 4 is 11.8 Å². The molecule has 1 aliphatic heterocycles. The fraction of sp³-hybridized carbons (Fsp3) is 0.480. The summed E-state index contributed by atoms with van der Waals surface area (Å²) in [5, 5.41) is 2.90. The average molecular weight is 420 g/mol. The standard InChI is InChI=1S/C25H29N3O3/c29-23(27-17-19-6-1-2-12-26-19)18-5-3-7-21(15-18)31-20-8-13-28(14-9-20)24(30)22-16-25(22)10-4-11-25/h1-3,5-7,12,15,20,22H,4,8-11,13-14,16-17H2,(H,27,29)/t22-/m0/s1. The highest BCUT2D eigenvalue weighted by molar-refractivity contribution is 5.94. The number of piperidine rings is 1. The minimum atomic E-state index is -0.147. The van der Waals surface area contributed by atoms with Crippen molar-refractivity contribution in [3.63, 3.8) is 0 Å².